The van der Waals surface area contributed by atoms with Crippen LogP contribution in [0.3, 0.4) is 0 Å². The predicted molar refractivity (Wildman–Crippen MR) is 20.4 cm³/mol. The number of nitrogens with zero attached hydrogens (tertiary/aromatic N) is 1. The summed E-state index contributed by atoms with van der Waals surface area (Å²) in [5.74, 6) is 0. The molecule has 0 aromatic heterocycles. The van der Waals surface area contributed by atoms with Crippen molar-refractivity contribution in [3.05, 3.63) is 4.91 Å². The van der Waals surface area contributed by atoms with E-state index in [-0.39, 0.29) is 0 Å². The molecule has 0 aliphatic heterocycles. The van der Waals surface area contributed by atoms with Gasteiger partial charge in [0.15, 0.2) is 12.2 Å². The van der Waals surface area contributed by atoms with Crippen molar-refractivity contribution in [2.75, 3.05) is 7.11 Å². The summed E-state index contributed by atoms with van der Waals surface area (Å²) < 4.78 is 6.43. The van der Waals surface area contributed by atoms with Crippen molar-refractivity contribution < 1.29 is 4.18 Å². The van der Waals surface area contributed by atoms with Gasteiger partial charge in [0.25, 0.3) is 0 Å². The molecule has 0 unspecified atom stereocenters. The molecule has 0 amide bonds. The third-order valence-corrected chi connectivity index (χ3v) is 0.315. The van der Waals surface area contributed by atoms with Gasteiger partial charge in [-0.05, 0) is 0 Å². The van der Waals surface area contributed by atoms with Gasteiger partial charge >= 0.3 is 0 Å². The highest BCUT2D eigenvalue weighted by Crippen LogP contribution is 1.95. The lowest BCUT2D eigenvalue weighted by Crippen LogP contribution is -1.52. The van der Waals surface area contributed by atoms with Gasteiger partial charge < -0.3 is 0 Å². The first-order valence-corrected chi connectivity index (χ1v) is 1.64. The van der Waals surface area contributed by atoms with Crippen LogP contribution in [0, 0.1) is 4.91 Å². The second kappa shape index (κ2) is 3.91. The molecule has 0 fully saturated rings. The standard InChI is InChI=1S/CH3NO2S/c1-4-5-2-3/h1H3. The van der Waals surface area contributed by atoms with Gasteiger partial charge in [-0.3, -0.25) is 4.18 Å². The first-order valence-electron chi connectivity index (χ1n) is 0.940. The van der Waals surface area contributed by atoms with Gasteiger partial charge in [0.05, 0.1) is 7.11 Å². The SMILES string of the molecule is COSN=O. The van der Waals surface area contributed by atoms with Gasteiger partial charge in [-0.15, -0.1) is 4.91 Å². The summed E-state index contributed by atoms with van der Waals surface area (Å²) in [6, 6.07) is 0. The minimum atomic E-state index is 0.532. The van der Waals surface area contributed by atoms with Crippen LogP contribution < -0.4 is 0 Å². The van der Waals surface area contributed by atoms with Gasteiger partial charge in [-0.25, -0.2) is 0 Å². The molecule has 0 saturated heterocycles. The summed E-state index contributed by atoms with van der Waals surface area (Å²) in [6.07, 6.45) is 0. The summed E-state index contributed by atoms with van der Waals surface area (Å²) in [5.41, 5.74) is 0. The maximum atomic E-state index is 8.99. The molecule has 4 heteroatoms. The summed E-state index contributed by atoms with van der Waals surface area (Å²) in [7, 11) is 1.38. The molecule has 0 bridgehead atoms. The Kier molecular flexibility index (Phi) is 3.84. The minimum absolute atomic E-state index is 0.532. The molecule has 0 aliphatic carbocycles. The molecule has 5 heavy (non-hydrogen) atoms. The molecule has 0 rings (SSSR count). The normalized spacial score (nSPS) is 7.40. The van der Waals surface area contributed by atoms with Crippen LogP contribution in [0.5, 0.6) is 0 Å². The van der Waals surface area contributed by atoms with E-state index in [9.17, 15) is 0 Å². The van der Waals surface area contributed by atoms with Crippen LogP contribution in [0.15, 0.2) is 4.58 Å². The van der Waals surface area contributed by atoms with Gasteiger partial charge in [-0.1, -0.05) is 0 Å². The fraction of sp³-hybridized carbons (Fsp3) is 1.00. The topological polar surface area (TPSA) is 38.7 Å². The fourth-order valence-corrected chi connectivity index (χ4v) is 0.0913. The van der Waals surface area contributed by atoms with E-state index in [0.717, 1.165) is 0 Å². The third kappa shape index (κ3) is 3.91. The first kappa shape index (κ1) is 4.91. The Hall–Kier alpha value is -0.0900. The highest BCUT2D eigenvalue weighted by atomic mass is 32.2. The molecular formula is CH3NO2S. The average molecular weight is 93.1 g/mol. The predicted octanol–water partition coefficient (Wildman–Crippen LogP) is 0.962. The van der Waals surface area contributed by atoms with Crippen LogP contribution in [0.1, 0.15) is 0 Å². The molecule has 0 heterocycles. The van der Waals surface area contributed by atoms with E-state index in [4.69, 9.17) is 4.91 Å². The molecule has 3 nitrogen and oxygen atoms in total. The maximum absolute atomic E-state index is 8.99. The van der Waals surface area contributed by atoms with E-state index in [2.05, 4.69) is 8.77 Å². The van der Waals surface area contributed by atoms with Crippen LogP contribution in [0.2, 0.25) is 0 Å². The third-order valence-electron chi connectivity index (χ3n) is 0.105. The zero-order valence-electron chi connectivity index (χ0n) is 2.67. The van der Waals surface area contributed by atoms with Crippen molar-refractivity contribution in [2.45, 2.75) is 0 Å². The maximum Gasteiger partial charge on any atom is 0.181 e. The molecule has 0 aromatic carbocycles. The summed E-state index contributed by atoms with van der Waals surface area (Å²) in [4.78, 5) is 8.99. The van der Waals surface area contributed by atoms with Crippen LogP contribution in [-0.2, 0) is 4.18 Å². The van der Waals surface area contributed by atoms with Crippen molar-refractivity contribution in [3.63, 3.8) is 0 Å². The van der Waals surface area contributed by atoms with Crippen molar-refractivity contribution in [1.82, 2.24) is 0 Å². The largest absolute Gasteiger partial charge is 0.296 e. The van der Waals surface area contributed by atoms with E-state index in [1.165, 1.54) is 7.11 Å². The Morgan fingerprint density at radius 2 is 2.60 bits per heavy atom. The molecule has 0 spiro atoms. The van der Waals surface area contributed by atoms with Gasteiger partial charge in [-0.2, -0.15) is 0 Å². The van der Waals surface area contributed by atoms with Crippen LogP contribution >= 0.6 is 12.2 Å². The van der Waals surface area contributed by atoms with Crippen LogP contribution in [0.4, 0.5) is 0 Å². The van der Waals surface area contributed by atoms with Crippen molar-refractivity contribution in [1.29, 1.82) is 0 Å². The van der Waals surface area contributed by atoms with Gasteiger partial charge in [0, 0.05) is 4.58 Å². The molecule has 0 aliphatic rings. The molecule has 0 N–H and O–H groups in total. The quantitative estimate of drug-likeness (QED) is 0.290. The molecule has 0 aromatic rings. The minimum Gasteiger partial charge on any atom is -0.296 e. The van der Waals surface area contributed by atoms with Crippen molar-refractivity contribution in [2.24, 2.45) is 4.58 Å². The Labute approximate surface area is 34.0 Å². The second-order valence-electron chi connectivity index (χ2n) is 0.316. The van der Waals surface area contributed by atoms with E-state index < -0.39 is 0 Å². The number of hydrogen-bond donors (Lipinski definition) is 0. The molecular weight excluding hydrogens is 90.1 g/mol. The molecule has 0 radical (unpaired) electrons. The van der Waals surface area contributed by atoms with Crippen molar-refractivity contribution >= 4 is 12.2 Å². The van der Waals surface area contributed by atoms with E-state index in [1.54, 1.807) is 0 Å². The highest BCUT2D eigenvalue weighted by molar-refractivity contribution is 7.93. The summed E-state index contributed by atoms with van der Waals surface area (Å²) in [5, 5.41) is 0. The number of nitroso groups, excluding NO2 is 1. The lowest BCUT2D eigenvalue weighted by atomic mass is 11.8. The van der Waals surface area contributed by atoms with E-state index in [1.807, 2.05) is 0 Å². The van der Waals surface area contributed by atoms with Crippen LogP contribution in [-0.4, -0.2) is 7.11 Å². The monoisotopic (exact) mass is 93.0 g/mol. The first-order chi connectivity index (χ1) is 2.41. The fourth-order valence-electron chi connectivity index (χ4n) is 0.0304. The molecule has 30 valence electrons. The lowest BCUT2D eigenvalue weighted by molar-refractivity contribution is 0.490. The van der Waals surface area contributed by atoms with Gasteiger partial charge in [0.2, 0.25) is 0 Å². The molecule has 0 saturated carbocycles. The Morgan fingerprint density at radius 3 is 2.60 bits per heavy atom. The Balaban J connectivity index is 2.40. The smallest absolute Gasteiger partial charge is 0.181 e. The number of rotatable bonds is 2. The average Bonchev–Trinajstić information content (AvgIpc) is 1.41. The molecule has 0 atom stereocenters. The van der Waals surface area contributed by atoms with E-state index in [0.29, 0.717) is 12.2 Å². The van der Waals surface area contributed by atoms with Gasteiger partial charge in [0.1, 0.15) is 0 Å². The summed E-state index contributed by atoms with van der Waals surface area (Å²) >= 11 is 0.532. The second-order valence-corrected chi connectivity index (χ2v) is 0.947. The van der Waals surface area contributed by atoms with E-state index >= 15 is 0 Å². The Morgan fingerprint density at radius 1 is 2.00 bits per heavy atom. The lowest BCUT2D eigenvalue weighted by Gasteiger charge is -1.71. The van der Waals surface area contributed by atoms with Crippen LogP contribution in [0.25, 0.3) is 0 Å². The summed E-state index contributed by atoms with van der Waals surface area (Å²) in [6.45, 7) is 0. The zero-order valence-corrected chi connectivity index (χ0v) is 3.49. The highest BCUT2D eigenvalue weighted by Gasteiger charge is 1.67. The number of hydrogen-bond acceptors (Lipinski definition) is 4. The van der Waals surface area contributed by atoms with Crippen molar-refractivity contribution in [3.8, 4) is 0 Å². The Bertz CT molecular complexity index is 30.8. The zero-order chi connectivity index (χ0) is 4.12.